The summed E-state index contributed by atoms with van der Waals surface area (Å²) in [6.07, 6.45) is 1.68. The van der Waals surface area contributed by atoms with Crippen molar-refractivity contribution in [3.63, 3.8) is 0 Å². The maximum atomic E-state index is 8.55. The number of furan rings is 1. The Morgan fingerprint density at radius 1 is 1.75 bits per heavy atom. The Morgan fingerprint density at radius 3 is 3.00 bits per heavy atom. The quantitative estimate of drug-likeness (QED) is 0.673. The number of nitriles is 1. The molecule has 0 aromatic carbocycles. The summed E-state index contributed by atoms with van der Waals surface area (Å²) in [6.45, 7) is 3.85. The molecular formula is C9H11NOS. The first-order valence-corrected chi connectivity index (χ1v) is 4.79. The Bertz CT molecular complexity index is 287. The van der Waals surface area contributed by atoms with Crippen LogP contribution < -0.4 is 0 Å². The summed E-state index contributed by atoms with van der Waals surface area (Å²) in [7, 11) is 0. The van der Waals surface area contributed by atoms with Gasteiger partial charge in [-0.1, -0.05) is 0 Å². The summed E-state index contributed by atoms with van der Waals surface area (Å²) in [4.78, 5) is 1.14. The standard InChI is InChI=1S/C9H11NOS/c1-7(5-10)6-12-9-3-4-11-8(9)2/h3-4,7H,6H2,1-2H3. The maximum absolute atomic E-state index is 8.55. The van der Waals surface area contributed by atoms with Crippen LogP contribution in [-0.2, 0) is 0 Å². The molecule has 0 saturated heterocycles. The first kappa shape index (κ1) is 9.21. The number of aryl methyl sites for hydroxylation is 1. The average molecular weight is 181 g/mol. The second-order valence-electron chi connectivity index (χ2n) is 2.68. The molecular weight excluding hydrogens is 170 g/mol. The Hall–Kier alpha value is -0.880. The van der Waals surface area contributed by atoms with Gasteiger partial charge in [0.25, 0.3) is 0 Å². The van der Waals surface area contributed by atoms with Crippen LogP contribution in [0.5, 0.6) is 0 Å². The molecule has 0 radical (unpaired) electrons. The zero-order valence-corrected chi connectivity index (χ0v) is 8.02. The Balaban J connectivity index is 2.44. The molecule has 64 valence electrons. The van der Waals surface area contributed by atoms with Crippen molar-refractivity contribution < 1.29 is 4.42 Å². The van der Waals surface area contributed by atoms with Crippen molar-refractivity contribution in [1.29, 1.82) is 5.26 Å². The van der Waals surface area contributed by atoms with E-state index in [0.29, 0.717) is 0 Å². The molecule has 2 nitrogen and oxygen atoms in total. The molecule has 1 aromatic rings. The zero-order chi connectivity index (χ0) is 8.97. The van der Waals surface area contributed by atoms with Gasteiger partial charge in [-0.05, 0) is 19.9 Å². The molecule has 1 unspecified atom stereocenters. The third kappa shape index (κ3) is 2.31. The van der Waals surface area contributed by atoms with Gasteiger partial charge >= 0.3 is 0 Å². The summed E-state index contributed by atoms with van der Waals surface area (Å²) in [5, 5.41) is 8.55. The van der Waals surface area contributed by atoms with Gasteiger partial charge in [-0.15, -0.1) is 11.8 Å². The number of hydrogen-bond donors (Lipinski definition) is 0. The van der Waals surface area contributed by atoms with Gasteiger partial charge in [-0.2, -0.15) is 5.26 Å². The van der Waals surface area contributed by atoms with E-state index in [4.69, 9.17) is 9.68 Å². The minimum absolute atomic E-state index is 0.101. The highest BCUT2D eigenvalue weighted by Crippen LogP contribution is 2.24. The van der Waals surface area contributed by atoms with Crippen molar-refractivity contribution in [2.75, 3.05) is 5.75 Å². The van der Waals surface area contributed by atoms with E-state index >= 15 is 0 Å². The average Bonchev–Trinajstić information content (AvgIpc) is 2.47. The largest absolute Gasteiger partial charge is 0.468 e. The normalized spacial score (nSPS) is 12.4. The number of nitrogens with zero attached hydrogens (tertiary/aromatic N) is 1. The van der Waals surface area contributed by atoms with Crippen molar-refractivity contribution in [2.45, 2.75) is 18.7 Å². The minimum Gasteiger partial charge on any atom is -0.468 e. The molecule has 0 aliphatic heterocycles. The molecule has 1 atom stereocenters. The van der Waals surface area contributed by atoms with Crippen molar-refractivity contribution in [1.82, 2.24) is 0 Å². The van der Waals surface area contributed by atoms with E-state index in [1.807, 2.05) is 19.9 Å². The van der Waals surface area contributed by atoms with Gasteiger partial charge in [0.05, 0.1) is 18.3 Å². The molecule has 0 bridgehead atoms. The lowest BCUT2D eigenvalue weighted by Gasteiger charge is -1.99. The first-order chi connectivity index (χ1) is 5.74. The maximum Gasteiger partial charge on any atom is 0.114 e. The first-order valence-electron chi connectivity index (χ1n) is 3.80. The minimum atomic E-state index is 0.101. The predicted molar refractivity (Wildman–Crippen MR) is 48.9 cm³/mol. The van der Waals surface area contributed by atoms with Crippen LogP contribution in [0, 0.1) is 24.2 Å². The van der Waals surface area contributed by atoms with Gasteiger partial charge in [0.2, 0.25) is 0 Å². The summed E-state index contributed by atoms with van der Waals surface area (Å²) in [5.41, 5.74) is 0. The van der Waals surface area contributed by atoms with Crippen LogP contribution in [0.15, 0.2) is 21.6 Å². The van der Waals surface area contributed by atoms with E-state index in [1.54, 1.807) is 18.0 Å². The van der Waals surface area contributed by atoms with E-state index < -0.39 is 0 Å². The Morgan fingerprint density at radius 2 is 2.50 bits per heavy atom. The van der Waals surface area contributed by atoms with Gasteiger partial charge in [-0.3, -0.25) is 0 Å². The number of thioether (sulfide) groups is 1. The van der Waals surface area contributed by atoms with Crippen LogP contribution in [0.3, 0.4) is 0 Å². The van der Waals surface area contributed by atoms with Gasteiger partial charge in [0.15, 0.2) is 0 Å². The van der Waals surface area contributed by atoms with Crippen LogP contribution in [0.1, 0.15) is 12.7 Å². The van der Waals surface area contributed by atoms with E-state index in [9.17, 15) is 0 Å². The van der Waals surface area contributed by atoms with Crippen molar-refractivity contribution in [2.24, 2.45) is 5.92 Å². The molecule has 0 aliphatic rings. The predicted octanol–water partition coefficient (Wildman–Crippen LogP) is 2.84. The van der Waals surface area contributed by atoms with E-state index in [2.05, 4.69) is 6.07 Å². The fourth-order valence-corrected chi connectivity index (χ4v) is 1.68. The van der Waals surface area contributed by atoms with Crippen molar-refractivity contribution in [3.8, 4) is 6.07 Å². The van der Waals surface area contributed by atoms with Crippen LogP contribution in [-0.4, -0.2) is 5.75 Å². The molecule has 0 fully saturated rings. The summed E-state index contributed by atoms with van der Waals surface area (Å²) in [5.74, 6) is 1.87. The van der Waals surface area contributed by atoms with Gasteiger partial charge < -0.3 is 4.42 Å². The lowest BCUT2D eigenvalue weighted by molar-refractivity contribution is 0.527. The highest BCUT2D eigenvalue weighted by molar-refractivity contribution is 7.99. The third-order valence-electron chi connectivity index (χ3n) is 1.52. The Labute approximate surface area is 76.6 Å². The monoisotopic (exact) mass is 181 g/mol. The van der Waals surface area contributed by atoms with Crippen molar-refractivity contribution in [3.05, 3.63) is 18.1 Å². The topological polar surface area (TPSA) is 36.9 Å². The molecule has 12 heavy (non-hydrogen) atoms. The highest BCUT2D eigenvalue weighted by atomic mass is 32.2. The van der Waals surface area contributed by atoms with Gasteiger partial charge in [0, 0.05) is 10.6 Å². The molecule has 3 heteroatoms. The second kappa shape index (κ2) is 4.22. The zero-order valence-electron chi connectivity index (χ0n) is 7.20. The molecule has 0 aliphatic carbocycles. The SMILES string of the molecule is Cc1occc1SCC(C)C#N. The lowest BCUT2D eigenvalue weighted by atomic mass is 10.3. The molecule has 0 saturated carbocycles. The molecule has 0 amide bonds. The van der Waals surface area contributed by atoms with E-state index in [0.717, 1.165) is 16.4 Å². The van der Waals surface area contributed by atoms with Crippen LogP contribution >= 0.6 is 11.8 Å². The fraction of sp³-hybridized carbons (Fsp3) is 0.444. The summed E-state index contributed by atoms with van der Waals surface area (Å²) < 4.78 is 5.13. The summed E-state index contributed by atoms with van der Waals surface area (Å²) in [6, 6.07) is 4.13. The second-order valence-corrected chi connectivity index (χ2v) is 3.74. The fourth-order valence-electron chi connectivity index (χ4n) is 0.775. The molecule has 1 heterocycles. The van der Waals surface area contributed by atoms with Crippen LogP contribution in [0.25, 0.3) is 0 Å². The van der Waals surface area contributed by atoms with Crippen molar-refractivity contribution >= 4 is 11.8 Å². The smallest absolute Gasteiger partial charge is 0.114 e. The number of rotatable bonds is 3. The molecule has 1 rings (SSSR count). The van der Waals surface area contributed by atoms with E-state index in [-0.39, 0.29) is 5.92 Å². The highest BCUT2D eigenvalue weighted by Gasteiger charge is 2.04. The third-order valence-corrected chi connectivity index (χ3v) is 2.92. The summed E-state index contributed by atoms with van der Waals surface area (Å²) >= 11 is 1.67. The van der Waals surface area contributed by atoms with E-state index in [1.165, 1.54) is 0 Å². The number of hydrogen-bond acceptors (Lipinski definition) is 3. The molecule has 0 N–H and O–H groups in total. The van der Waals surface area contributed by atoms with Gasteiger partial charge in [0.1, 0.15) is 5.76 Å². The van der Waals surface area contributed by atoms with Crippen LogP contribution in [0.2, 0.25) is 0 Å². The lowest BCUT2D eigenvalue weighted by Crippen LogP contribution is -1.92. The van der Waals surface area contributed by atoms with Gasteiger partial charge in [-0.25, -0.2) is 0 Å². The Kier molecular flexibility index (Phi) is 3.24. The molecule has 1 aromatic heterocycles. The van der Waals surface area contributed by atoms with Crippen LogP contribution in [0.4, 0.5) is 0 Å². The molecule has 0 spiro atoms.